The van der Waals surface area contributed by atoms with Gasteiger partial charge in [0.1, 0.15) is 0 Å². The molecule has 0 aliphatic heterocycles. The van der Waals surface area contributed by atoms with Crippen molar-refractivity contribution in [2.24, 2.45) is 0 Å². The minimum atomic E-state index is 0.00396. The molecule has 1 heterocycles. The van der Waals surface area contributed by atoms with Gasteiger partial charge in [-0.2, -0.15) is 0 Å². The van der Waals surface area contributed by atoms with E-state index in [9.17, 15) is 0 Å². The highest BCUT2D eigenvalue weighted by atomic mass is 16.3. The van der Waals surface area contributed by atoms with Crippen molar-refractivity contribution in [3.63, 3.8) is 0 Å². The summed E-state index contributed by atoms with van der Waals surface area (Å²) in [5.74, 6) is 0. The van der Waals surface area contributed by atoms with Crippen LogP contribution in [0.2, 0.25) is 6.82 Å². The maximum Gasteiger partial charge on any atom is 0.201 e. The van der Waals surface area contributed by atoms with Crippen molar-refractivity contribution < 1.29 is 5.11 Å². The molecule has 1 rings (SSSR count). The Morgan fingerprint density at radius 1 is 1.50 bits per heavy atom. The Bertz CT molecular complexity index is 176. The molecule has 10 heavy (non-hydrogen) atoms. The molecule has 0 aliphatic carbocycles. The van der Waals surface area contributed by atoms with Gasteiger partial charge in [0.15, 0.2) is 0 Å². The van der Waals surface area contributed by atoms with Crippen molar-refractivity contribution in [2.75, 3.05) is 0 Å². The standard InChI is InChI=1S/C6H8BN2O/c1-7-6-8-2-5(4-10)3-9-6/h2-3,10H,4H2,1H3. The van der Waals surface area contributed by atoms with Crippen LogP contribution in [-0.2, 0) is 6.61 Å². The van der Waals surface area contributed by atoms with Crippen LogP contribution < -0.4 is 5.72 Å². The molecule has 1 aromatic rings. The van der Waals surface area contributed by atoms with Crippen molar-refractivity contribution in [1.82, 2.24) is 9.97 Å². The summed E-state index contributed by atoms with van der Waals surface area (Å²) in [5, 5.41) is 8.61. The number of nitrogens with zero attached hydrogens (tertiary/aromatic N) is 2. The molecule has 0 fully saturated rings. The van der Waals surface area contributed by atoms with Gasteiger partial charge >= 0.3 is 0 Å². The topological polar surface area (TPSA) is 46.0 Å². The van der Waals surface area contributed by atoms with Gasteiger partial charge in [0.05, 0.1) is 12.3 Å². The van der Waals surface area contributed by atoms with Crippen LogP contribution in [0.5, 0.6) is 0 Å². The van der Waals surface area contributed by atoms with Crippen LogP contribution in [0, 0.1) is 0 Å². The van der Waals surface area contributed by atoms with E-state index in [-0.39, 0.29) is 6.61 Å². The minimum absolute atomic E-state index is 0.00396. The van der Waals surface area contributed by atoms with Crippen LogP contribution in [0.25, 0.3) is 0 Å². The fourth-order valence-corrected chi connectivity index (χ4v) is 0.595. The molecule has 0 spiro atoms. The third kappa shape index (κ3) is 1.54. The molecule has 1 radical (unpaired) electrons. The van der Waals surface area contributed by atoms with Crippen molar-refractivity contribution >= 4 is 13.0 Å². The van der Waals surface area contributed by atoms with Crippen LogP contribution in [0.15, 0.2) is 12.4 Å². The molecule has 3 nitrogen and oxygen atoms in total. The third-order valence-corrected chi connectivity index (χ3v) is 1.17. The second-order valence-corrected chi connectivity index (χ2v) is 1.90. The first-order chi connectivity index (χ1) is 4.86. The van der Waals surface area contributed by atoms with Gasteiger partial charge in [0.2, 0.25) is 7.28 Å². The number of rotatable bonds is 2. The molecule has 51 valence electrons. The Morgan fingerprint density at radius 2 is 2.10 bits per heavy atom. The number of hydrogen-bond donors (Lipinski definition) is 1. The Balaban J connectivity index is 2.80. The number of aromatic nitrogens is 2. The van der Waals surface area contributed by atoms with Gasteiger partial charge in [-0.3, -0.25) is 9.97 Å². The normalized spacial score (nSPS) is 9.40. The maximum atomic E-state index is 8.61. The van der Waals surface area contributed by atoms with E-state index < -0.39 is 0 Å². The van der Waals surface area contributed by atoms with Crippen LogP contribution in [0.3, 0.4) is 0 Å². The van der Waals surface area contributed by atoms with Crippen molar-refractivity contribution in [2.45, 2.75) is 13.4 Å². The molecule has 0 saturated carbocycles. The number of aliphatic hydroxyl groups excluding tert-OH is 1. The first kappa shape index (κ1) is 7.21. The van der Waals surface area contributed by atoms with Gasteiger partial charge in [-0.25, -0.2) is 0 Å². The second kappa shape index (κ2) is 3.32. The molecular weight excluding hydrogens is 127 g/mol. The van der Waals surface area contributed by atoms with E-state index in [1.165, 1.54) is 0 Å². The van der Waals surface area contributed by atoms with Crippen molar-refractivity contribution in [3.05, 3.63) is 18.0 Å². The molecule has 0 unspecified atom stereocenters. The zero-order valence-corrected chi connectivity index (χ0v) is 5.78. The van der Waals surface area contributed by atoms with Crippen LogP contribution in [-0.4, -0.2) is 22.4 Å². The van der Waals surface area contributed by atoms with Gasteiger partial charge in [0, 0.05) is 18.0 Å². The monoisotopic (exact) mass is 135 g/mol. The summed E-state index contributed by atoms with van der Waals surface area (Å²) in [6.07, 6.45) is 3.23. The Hall–Kier alpha value is -0.895. The van der Waals surface area contributed by atoms with Crippen molar-refractivity contribution in [1.29, 1.82) is 0 Å². The minimum Gasteiger partial charge on any atom is -0.392 e. The highest BCUT2D eigenvalue weighted by Crippen LogP contribution is 1.88. The van der Waals surface area contributed by atoms with Gasteiger partial charge in [-0.1, -0.05) is 6.82 Å². The Labute approximate surface area is 60.4 Å². The average Bonchev–Trinajstić information content (AvgIpc) is 2.05. The summed E-state index contributed by atoms with van der Waals surface area (Å²) in [7, 11) is 1.81. The summed E-state index contributed by atoms with van der Waals surface area (Å²) in [6, 6.07) is 0. The summed E-state index contributed by atoms with van der Waals surface area (Å²) in [6.45, 7) is 1.87. The molecule has 0 bridgehead atoms. The maximum absolute atomic E-state index is 8.61. The number of hydrogen-bond acceptors (Lipinski definition) is 3. The predicted octanol–water partition coefficient (Wildman–Crippen LogP) is -0.653. The number of aliphatic hydroxyl groups is 1. The third-order valence-electron chi connectivity index (χ3n) is 1.17. The van der Waals surface area contributed by atoms with E-state index in [2.05, 4.69) is 9.97 Å². The molecular formula is C6H8BN2O. The highest BCUT2D eigenvalue weighted by molar-refractivity contribution is 6.49. The predicted molar refractivity (Wildman–Crippen MR) is 39.2 cm³/mol. The molecule has 0 aromatic carbocycles. The Morgan fingerprint density at radius 3 is 2.50 bits per heavy atom. The van der Waals surface area contributed by atoms with Gasteiger partial charge in [-0.15, -0.1) is 0 Å². The molecule has 0 amide bonds. The average molecular weight is 135 g/mol. The van der Waals surface area contributed by atoms with E-state index in [0.29, 0.717) is 5.72 Å². The highest BCUT2D eigenvalue weighted by Gasteiger charge is 1.93. The van der Waals surface area contributed by atoms with Crippen molar-refractivity contribution in [3.8, 4) is 0 Å². The molecule has 4 heteroatoms. The van der Waals surface area contributed by atoms with E-state index in [1.54, 1.807) is 19.7 Å². The first-order valence-corrected chi connectivity index (χ1v) is 3.08. The quantitative estimate of drug-likeness (QED) is 0.548. The van der Waals surface area contributed by atoms with Gasteiger partial charge < -0.3 is 5.11 Å². The van der Waals surface area contributed by atoms with Crippen LogP contribution in [0.1, 0.15) is 5.56 Å². The first-order valence-electron chi connectivity index (χ1n) is 3.08. The smallest absolute Gasteiger partial charge is 0.201 e. The van der Waals surface area contributed by atoms with Crippen LogP contribution in [0.4, 0.5) is 0 Å². The van der Waals surface area contributed by atoms with E-state index >= 15 is 0 Å². The fraction of sp³-hybridized carbons (Fsp3) is 0.333. The summed E-state index contributed by atoms with van der Waals surface area (Å²) >= 11 is 0. The van der Waals surface area contributed by atoms with Crippen LogP contribution >= 0.6 is 0 Å². The molecule has 1 N–H and O–H groups in total. The van der Waals surface area contributed by atoms with Gasteiger partial charge in [0.25, 0.3) is 0 Å². The molecule has 0 aliphatic rings. The van der Waals surface area contributed by atoms with Gasteiger partial charge in [-0.05, 0) is 0 Å². The SMILES string of the molecule is C[B]c1ncc(CO)cn1. The summed E-state index contributed by atoms with van der Waals surface area (Å²) < 4.78 is 0. The Kier molecular flexibility index (Phi) is 2.39. The lowest BCUT2D eigenvalue weighted by atomic mass is 9.81. The van der Waals surface area contributed by atoms with E-state index in [1.807, 2.05) is 6.82 Å². The lowest BCUT2D eigenvalue weighted by molar-refractivity contribution is 0.281. The van der Waals surface area contributed by atoms with E-state index in [0.717, 1.165) is 5.56 Å². The van der Waals surface area contributed by atoms with E-state index in [4.69, 9.17) is 5.11 Å². The lowest BCUT2D eigenvalue weighted by Crippen LogP contribution is -2.19. The lowest BCUT2D eigenvalue weighted by Gasteiger charge is -1.94. The molecule has 0 atom stereocenters. The zero-order valence-electron chi connectivity index (χ0n) is 5.78. The zero-order chi connectivity index (χ0) is 7.40. The summed E-state index contributed by atoms with van der Waals surface area (Å²) in [4.78, 5) is 7.88. The second-order valence-electron chi connectivity index (χ2n) is 1.90. The largest absolute Gasteiger partial charge is 0.392 e. The summed E-state index contributed by atoms with van der Waals surface area (Å²) in [5.41, 5.74) is 1.43. The fourth-order valence-electron chi connectivity index (χ4n) is 0.595. The molecule has 1 aromatic heterocycles. The molecule has 0 saturated heterocycles.